The van der Waals surface area contributed by atoms with Crippen molar-refractivity contribution in [2.45, 2.75) is 57.5 Å². The lowest BCUT2D eigenvalue weighted by Gasteiger charge is -2.31. The Balaban J connectivity index is 1.96. The lowest BCUT2D eigenvalue weighted by atomic mass is 9.85. The third kappa shape index (κ3) is 4.76. The highest BCUT2D eigenvalue weighted by atomic mass is 35.5. The highest BCUT2D eigenvalue weighted by Gasteiger charge is 2.63. The number of halogens is 5. The van der Waals surface area contributed by atoms with Gasteiger partial charge in [0.15, 0.2) is 0 Å². The molecule has 1 heterocycles. The second-order valence-corrected chi connectivity index (χ2v) is 9.07. The van der Waals surface area contributed by atoms with Crippen molar-refractivity contribution in [3.05, 3.63) is 68.7 Å². The molecule has 1 N–H and O–H groups in total. The SMILES string of the molecule is CCC(C)NC(=O)c1ccc(C2CC(c3cc(Cl)cc(Cl)c3)(C(F)(F)F)ON2C)cc1C. The first kappa shape index (κ1) is 24.8. The molecule has 4 nitrogen and oxygen atoms in total. The fourth-order valence-corrected chi connectivity index (χ4v) is 4.44. The zero-order valence-electron chi connectivity index (χ0n) is 18.2. The number of benzene rings is 2. The van der Waals surface area contributed by atoms with Gasteiger partial charge in [0.1, 0.15) is 0 Å². The largest absolute Gasteiger partial charge is 0.423 e. The van der Waals surface area contributed by atoms with E-state index in [1.54, 1.807) is 25.1 Å². The Morgan fingerprint density at radius 1 is 1.25 bits per heavy atom. The maximum atomic E-state index is 14.3. The van der Waals surface area contributed by atoms with Gasteiger partial charge < -0.3 is 5.32 Å². The first-order valence-electron chi connectivity index (χ1n) is 10.2. The molecule has 0 radical (unpaired) electrons. The quantitative estimate of drug-likeness (QED) is 0.515. The summed E-state index contributed by atoms with van der Waals surface area (Å²) in [6, 6.07) is 8.19. The van der Waals surface area contributed by atoms with Gasteiger partial charge in [0.05, 0.1) is 6.04 Å². The second kappa shape index (κ2) is 9.21. The Morgan fingerprint density at radius 3 is 2.41 bits per heavy atom. The summed E-state index contributed by atoms with van der Waals surface area (Å²) in [5.41, 5.74) is -0.977. The summed E-state index contributed by atoms with van der Waals surface area (Å²) in [4.78, 5) is 18.0. The number of carbonyl (C=O) groups excluding carboxylic acids is 1. The Hall–Kier alpha value is -1.80. The minimum atomic E-state index is -4.71. The monoisotopic (exact) mass is 488 g/mol. The van der Waals surface area contributed by atoms with Crippen LogP contribution < -0.4 is 5.32 Å². The van der Waals surface area contributed by atoms with Crippen molar-refractivity contribution in [2.75, 3.05) is 7.05 Å². The minimum Gasteiger partial charge on any atom is -0.350 e. The molecule has 0 aromatic heterocycles. The summed E-state index contributed by atoms with van der Waals surface area (Å²) in [5.74, 6) is -0.211. The van der Waals surface area contributed by atoms with Crippen LogP contribution in [0, 0.1) is 6.92 Å². The molecule has 3 rings (SSSR count). The lowest BCUT2D eigenvalue weighted by Crippen LogP contribution is -2.42. The molecule has 1 aliphatic rings. The number of aryl methyl sites for hydroxylation is 1. The van der Waals surface area contributed by atoms with Crippen LogP contribution >= 0.6 is 23.2 Å². The average molecular weight is 489 g/mol. The van der Waals surface area contributed by atoms with E-state index in [2.05, 4.69) is 5.32 Å². The number of carbonyl (C=O) groups is 1. The molecule has 9 heteroatoms. The number of hydroxylamine groups is 2. The van der Waals surface area contributed by atoms with E-state index in [0.717, 1.165) is 6.42 Å². The lowest BCUT2D eigenvalue weighted by molar-refractivity contribution is -0.322. The fourth-order valence-electron chi connectivity index (χ4n) is 3.92. The van der Waals surface area contributed by atoms with E-state index in [9.17, 15) is 18.0 Å². The van der Waals surface area contributed by atoms with Gasteiger partial charge in [-0.3, -0.25) is 9.63 Å². The molecule has 0 bridgehead atoms. The van der Waals surface area contributed by atoms with Gasteiger partial charge in [-0.05, 0) is 61.2 Å². The van der Waals surface area contributed by atoms with Crippen LogP contribution in [0.5, 0.6) is 0 Å². The van der Waals surface area contributed by atoms with Gasteiger partial charge in [0, 0.05) is 35.1 Å². The molecule has 3 unspecified atom stereocenters. The van der Waals surface area contributed by atoms with Crippen molar-refractivity contribution in [3.63, 3.8) is 0 Å². The fraction of sp³-hybridized carbons (Fsp3) is 0.435. The molecule has 1 aliphatic heterocycles. The van der Waals surface area contributed by atoms with Crippen LogP contribution in [0.4, 0.5) is 13.2 Å². The third-order valence-corrected chi connectivity index (χ3v) is 6.31. The molecule has 32 heavy (non-hydrogen) atoms. The second-order valence-electron chi connectivity index (χ2n) is 8.20. The predicted octanol–water partition coefficient (Wildman–Crippen LogP) is 6.60. The van der Waals surface area contributed by atoms with Crippen molar-refractivity contribution in [1.82, 2.24) is 10.4 Å². The van der Waals surface area contributed by atoms with Crippen LogP contribution in [0.25, 0.3) is 0 Å². The number of hydrogen-bond acceptors (Lipinski definition) is 3. The number of nitrogens with one attached hydrogen (secondary N) is 1. The van der Waals surface area contributed by atoms with Crippen molar-refractivity contribution >= 4 is 29.1 Å². The number of nitrogens with zero attached hydrogens (tertiary/aromatic N) is 1. The van der Waals surface area contributed by atoms with Gasteiger partial charge in [-0.2, -0.15) is 18.2 Å². The predicted molar refractivity (Wildman–Crippen MR) is 119 cm³/mol. The third-order valence-electron chi connectivity index (χ3n) is 5.88. The van der Waals surface area contributed by atoms with E-state index in [4.69, 9.17) is 28.0 Å². The molecule has 2 aromatic carbocycles. The Morgan fingerprint density at radius 2 is 1.88 bits per heavy atom. The van der Waals surface area contributed by atoms with Gasteiger partial charge in [-0.15, -0.1) is 0 Å². The number of rotatable bonds is 5. The van der Waals surface area contributed by atoms with E-state index < -0.39 is 17.8 Å². The topological polar surface area (TPSA) is 41.6 Å². The highest BCUT2D eigenvalue weighted by Crippen LogP contribution is 2.54. The van der Waals surface area contributed by atoms with Gasteiger partial charge in [0.2, 0.25) is 5.60 Å². The normalized spacial score (nSPS) is 22.7. The first-order chi connectivity index (χ1) is 14.9. The van der Waals surface area contributed by atoms with Gasteiger partial charge in [-0.1, -0.05) is 42.3 Å². The number of alkyl halides is 3. The van der Waals surface area contributed by atoms with Crippen LogP contribution in [0.15, 0.2) is 36.4 Å². The van der Waals surface area contributed by atoms with E-state index in [-0.39, 0.29) is 34.0 Å². The minimum absolute atomic E-state index is 0.0212. The molecule has 0 aliphatic carbocycles. The summed E-state index contributed by atoms with van der Waals surface area (Å²) in [6.45, 7) is 5.64. The van der Waals surface area contributed by atoms with Crippen molar-refractivity contribution in [2.24, 2.45) is 0 Å². The van der Waals surface area contributed by atoms with Crippen LogP contribution in [0.2, 0.25) is 10.0 Å². The summed E-state index contributed by atoms with van der Waals surface area (Å²) in [6.07, 6.45) is -4.31. The van der Waals surface area contributed by atoms with Crippen molar-refractivity contribution in [1.29, 1.82) is 0 Å². The molecular formula is C23H25Cl2F3N2O2. The summed E-state index contributed by atoms with van der Waals surface area (Å²) in [5, 5.41) is 4.30. The van der Waals surface area contributed by atoms with E-state index in [1.807, 2.05) is 13.8 Å². The van der Waals surface area contributed by atoms with E-state index in [1.165, 1.54) is 30.3 Å². The van der Waals surface area contributed by atoms with E-state index in [0.29, 0.717) is 16.7 Å². The van der Waals surface area contributed by atoms with Crippen LogP contribution in [0.1, 0.15) is 59.8 Å². The summed E-state index contributed by atoms with van der Waals surface area (Å²) >= 11 is 12.0. The Bertz CT molecular complexity index is 995. The molecule has 1 amide bonds. The first-order valence-corrected chi connectivity index (χ1v) is 11.0. The smallest absolute Gasteiger partial charge is 0.350 e. The van der Waals surface area contributed by atoms with Crippen molar-refractivity contribution in [3.8, 4) is 0 Å². The molecule has 174 valence electrons. The highest BCUT2D eigenvalue weighted by molar-refractivity contribution is 6.34. The van der Waals surface area contributed by atoms with Crippen LogP contribution in [-0.2, 0) is 10.4 Å². The van der Waals surface area contributed by atoms with Crippen molar-refractivity contribution < 1.29 is 22.8 Å². The molecule has 1 fully saturated rings. The molecule has 2 aromatic rings. The maximum absolute atomic E-state index is 14.3. The van der Waals surface area contributed by atoms with E-state index >= 15 is 0 Å². The molecule has 1 saturated heterocycles. The van der Waals surface area contributed by atoms with Gasteiger partial charge >= 0.3 is 6.18 Å². The van der Waals surface area contributed by atoms with Crippen LogP contribution in [0.3, 0.4) is 0 Å². The molecule has 0 saturated carbocycles. The summed E-state index contributed by atoms with van der Waals surface area (Å²) in [7, 11) is 1.46. The van der Waals surface area contributed by atoms with Crippen LogP contribution in [-0.4, -0.2) is 30.2 Å². The average Bonchev–Trinajstić information content (AvgIpc) is 3.05. The number of hydrogen-bond donors (Lipinski definition) is 1. The number of amides is 1. The molecule has 0 spiro atoms. The van der Waals surface area contributed by atoms with Gasteiger partial charge in [0.25, 0.3) is 5.91 Å². The molecule has 3 atom stereocenters. The standard InChI is InChI=1S/C23H25Cl2F3N2O2/c1-5-14(3)29-21(31)19-7-6-15(8-13(19)2)20-12-22(23(26,27)28,32-30(20)4)16-9-17(24)11-18(25)10-16/h6-11,14,20H,5,12H2,1-4H3,(H,29,31). The molecular weight excluding hydrogens is 464 g/mol. The maximum Gasteiger partial charge on any atom is 0.423 e. The Kier molecular flexibility index (Phi) is 7.15. The Labute approximate surface area is 195 Å². The van der Waals surface area contributed by atoms with Gasteiger partial charge in [-0.25, -0.2) is 0 Å². The zero-order valence-corrected chi connectivity index (χ0v) is 19.7. The summed E-state index contributed by atoms with van der Waals surface area (Å²) < 4.78 is 43.0. The zero-order chi connectivity index (χ0) is 23.8.